The number of likely N-dealkylation sites (tertiary alicyclic amines) is 1. The van der Waals surface area contributed by atoms with E-state index in [9.17, 15) is 0 Å². The van der Waals surface area contributed by atoms with E-state index in [0.29, 0.717) is 0 Å². The maximum atomic E-state index is 6.10. The highest BCUT2D eigenvalue weighted by Crippen LogP contribution is 2.30. The van der Waals surface area contributed by atoms with Crippen LogP contribution < -0.4 is 10.6 Å². The summed E-state index contributed by atoms with van der Waals surface area (Å²) in [6, 6.07) is 9.49. The summed E-state index contributed by atoms with van der Waals surface area (Å²) in [5.41, 5.74) is 8.73. The Bertz CT molecular complexity index is 424. The molecule has 0 bridgehead atoms. The molecule has 3 rings (SSSR count). The number of para-hydroxylation sites is 1. The third-order valence-corrected chi connectivity index (χ3v) is 4.59. The van der Waals surface area contributed by atoms with E-state index in [4.69, 9.17) is 5.73 Å². The molecule has 0 aliphatic carbocycles. The van der Waals surface area contributed by atoms with Gasteiger partial charge in [0.1, 0.15) is 0 Å². The number of nitrogens with two attached hydrogens (primary N) is 1. The number of hydrogen-bond acceptors (Lipinski definition) is 3. The first kappa shape index (κ1) is 12.9. The maximum Gasteiger partial charge on any atom is 0.0415 e. The van der Waals surface area contributed by atoms with Crippen molar-refractivity contribution in [1.29, 1.82) is 0 Å². The molecule has 1 unspecified atom stereocenters. The maximum absolute atomic E-state index is 6.10. The third-order valence-electron chi connectivity index (χ3n) is 4.59. The minimum Gasteiger partial charge on any atom is -0.370 e. The Kier molecular flexibility index (Phi) is 3.76. The highest BCUT2D eigenvalue weighted by atomic mass is 15.3. The topological polar surface area (TPSA) is 32.5 Å². The Hall–Kier alpha value is -1.06. The van der Waals surface area contributed by atoms with Crippen LogP contribution in [0.3, 0.4) is 0 Å². The van der Waals surface area contributed by atoms with Crippen LogP contribution in [0.5, 0.6) is 0 Å². The van der Waals surface area contributed by atoms with Gasteiger partial charge in [-0.25, -0.2) is 0 Å². The Morgan fingerprint density at radius 1 is 1.16 bits per heavy atom. The molecule has 2 heterocycles. The highest BCUT2D eigenvalue weighted by molar-refractivity contribution is 5.55. The summed E-state index contributed by atoms with van der Waals surface area (Å²) in [6.45, 7) is 7.02. The van der Waals surface area contributed by atoms with Crippen molar-refractivity contribution in [3.63, 3.8) is 0 Å². The molecule has 2 atom stereocenters. The van der Waals surface area contributed by atoms with Gasteiger partial charge >= 0.3 is 0 Å². The summed E-state index contributed by atoms with van der Waals surface area (Å²) >= 11 is 0. The van der Waals surface area contributed by atoms with Crippen LogP contribution in [0, 0.1) is 0 Å². The predicted octanol–water partition coefficient (Wildman–Crippen LogP) is 2.38. The minimum atomic E-state index is 0.113. The zero-order valence-electron chi connectivity index (χ0n) is 11.9. The van der Waals surface area contributed by atoms with Gasteiger partial charge in [0.25, 0.3) is 0 Å². The van der Waals surface area contributed by atoms with E-state index in [1.807, 2.05) is 0 Å². The van der Waals surface area contributed by atoms with Gasteiger partial charge in [0.2, 0.25) is 0 Å². The second-order valence-electron chi connectivity index (χ2n) is 5.98. The van der Waals surface area contributed by atoms with Crippen LogP contribution in [-0.4, -0.2) is 37.1 Å². The molecular formula is C16H25N3. The standard InChI is InChI=1S/C16H25N3/c1-13(17)15-6-2-3-7-16(15)19-11-8-14(12-19)18-9-4-5-10-18/h2-3,6-7,13-14H,4-5,8-12,17H2,1H3/t13-,14?/m1/s1. The summed E-state index contributed by atoms with van der Waals surface area (Å²) in [5.74, 6) is 0. The average molecular weight is 259 g/mol. The van der Waals surface area contributed by atoms with E-state index < -0.39 is 0 Å². The van der Waals surface area contributed by atoms with Crippen LogP contribution in [0.2, 0.25) is 0 Å². The fourth-order valence-corrected chi connectivity index (χ4v) is 3.53. The van der Waals surface area contributed by atoms with E-state index in [-0.39, 0.29) is 6.04 Å². The molecule has 19 heavy (non-hydrogen) atoms. The van der Waals surface area contributed by atoms with Crippen LogP contribution in [0.25, 0.3) is 0 Å². The fourth-order valence-electron chi connectivity index (χ4n) is 3.53. The lowest BCUT2D eigenvalue weighted by molar-refractivity contribution is 0.260. The Morgan fingerprint density at radius 2 is 1.89 bits per heavy atom. The normalized spacial score (nSPS) is 26.0. The first-order valence-electron chi connectivity index (χ1n) is 7.59. The second-order valence-corrected chi connectivity index (χ2v) is 5.98. The van der Waals surface area contributed by atoms with Crippen LogP contribution in [0.4, 0.5) is 5.69 Å². The van der Waals surface area contributed by atoms with E-state index in [1.54, 1.807) is 0 Å². The van der Waals surface area contributed by atoms with Gasteiger partial charge in [-0.2, -0.15) is 0 Å². The molecule has 3 heteroatoms. The molecule has 2 N–H and O–H groups in total. The van der Waals surface area contributed by atoms with Crippen LogP contribution >= 0.6 is 0 Å². The molecule has 3 nitrogen and oxygen atoms in total. The minimum absolute atomic E-state index is 0.113. The molecule has 0 saturated carbocycles. The summed E-state index contributed by atoms with van der Waals surface area (Å²) in [5, 5.41) is 0. The zero-order chi connectivity index (χ0) is 13.2. The van der Waals surface area contributed by atoms with E-state index in [2.05, 4.69) is 41.0 Å². The molecule has 2 aliphatic rings. The van der Waals surface area contributed by atoms with Gasteiger partial charge < -0.3 is 10.6 Å². The molecule has 0 aromatic heterocycles. The number of hydrogen-bond donors (Lipinski definition) is 1. The largest absolute Gasteiger partial charge is 0.370 e. The first-order valence-corrected chi connectivity index (χ1v) is 7.59. The van der Waals surface area contributed by atoms with Crippen molar-refractivity contribution in [3.05, 3.63) is 29.8 Å². The Labute approximate surface area is 116 Å². The van der Waals surface area contributed by atoms with E-state index in [1.165, 1.54) is 56.7 Å². The number of rotatable bonds is 3. The molecule has 0 amide bonds. The smallest absolute Gasteiger partial charge is 0.0415 e. The van der Waals surface area contributed by atoms with Crippen molar-refractivity contribution in [2.24, 2.45) is 5.73 Å². The fraction of sp³-hybridized carbons (Fsp3) is 0.625. The lowest BCUT2D eigenvalue weighted by Crippen LogP contribution is -2.35. The van der Waals surface area contributed by atoms with Crippen molar-refractivity contribution in [1.82, 2.24) is 4.90 Å². The summed E-state index contributed by atoms with van der Waals surface area (Å²) in [6.07, 6.45) is 4.06. The van der Waals surface area contributed by atoms with Crippen molar-refractivity contribution >= 4 is 5.69 Å². The third kappa shape index (κ3) is 2.63. The van der Waals surface area contributed by atoms with Crippen LogP contribution in [0.15, 0.2) is 24.3 Å². The summed E-state index contributed by atoms with van der Waals surface area (Å²) < 4.78 is 0. The zero-order valence-corrected chi connectivity index (χ0v) is 11.9. The Morgan fingerprint density at radius 3 is 2.63 bits per heavy atom. The van der Waals surface area contributed by atoms with Crippen molar-refractivity contribution in [2.45, 2.75) is 38.3 Å². The molecule has 2 aliphatic heterocycles. The SMILES string of the molecule is C[C@@H](N)c1ccccc1N1CCC(N2CCCC2)C1. The van der Waals surface area contributed by atoms with Gasteiger partial charge in [-0.1, -0.05) is 18.2 Å². The van der Waals surface area contributed by atoms with Crippen molar-refractivity contribution in [2.75, 3.05) is 31.1 Å². The Balaban J connectivity index is 1.73. The van der Waals surface area contributed by atoms with Gasteiger partial charge in [0, 0.05) is 30.9 Å². The number of anilines is 1. The quantitative estimate of drug-likeness (QED) is 0.904. The molecule has 0 radical (unpaired) electrons. The van der Waals surface area contributed by atoms with Gasteiger partial charge in [0.05, 0.1) is 0 Å². The molecule has 1 aromatic rings. The predicted molar refractivity (Wildman–Crippen MR) is 80.5 cm³/mol. The monoisotopic (exact) mass is 259 g/mol. The molecule has 2 saturated heterocycles. The highest BCUT2D eigenvalue weighted by Gasteiger charge is 2.30. The molecular weight excluding hydrogens is 234 g/mol. The average Bonchev–Trinajstić information content (AvgIpc) is 3.09. The summed E-state index contributed by atoms with van der Waals surface area (Å²) in [4.78, 5) is 5.20. The molecule has 1 aromatic carbocycles. The van der Waals surface area contributed by atoms with Crippen LogP contribution in [0.1, 0.15) is 37.8 Å². The van der Waals surface area contributed by atoms with Gasteiger partial charge in [-0.05, 0) is 50.9 Å². The molecule has 2 fully saturated rings. The second kappa shape index (κ2) is 5.51. The lowest BCUT2D eigenvalue weighted by Gasteiger charge is -2.26. The van der Waals surface area contributed by atoms with Crippen molar-refractivity contribution < 1.29 is 0 Å². The van der Waals surface area contributed by atoms with Gasteiger partial charge in [-0.15, -0.1) is 0 Å². The van der Waals surface area contributed by atoms with E-state index >= 15 is 0 Å². The van der Waals surface area contributed by atoms with E-state index in [0.717, 1.165) is 6.04 Å². The molecule has 104 valence electrons. The number of nitrogens with zero attached hydrogens (tertiary/aromatic N) is 2. The first-order chi connectivity index (χ1) is 9.25. The van der Waals surface area contributed by atoms with Crippen molar-refractivity contribution in [3.8, 4) is 0 Å². The number of benzene rings is 1. The van der Waals surface area contributed by atoms with Gasteiger partial charge in [0.15, 0.2) is 0 Å². The van der Waals surface area contributed by atoms with Gasteiger partial charge in [-0.3, -0.25) is 4.90 Å². The van der Waals surface area contributed by atoms with Crippen LogP contribution in [-0.2, 0) is 0 Å². The summed E-state index contributed by atoms with van der Waals surface area (Å²) in [7, 11) is 0. The molecule has 0 spiro atoms. The lowest BCUT2D eigenvalue weighted by atomic mass is 10.1.